The maximum absolute atomic E-state index is 12.2. The highest BCUT2D eigenvalue weighted by Crippen LogP contribution is 2.24. The fraction of sp³-hybridized carbons (Fsp3) is 0.357. The third kappa shape index (κ3) is 3.62. The molecule has 0 aliphatic rings. The second kappa shape index (κ2) is 6.73. The molecule has 0 aliphatic carbocycles. The summed E-state index contributed by atoms with van der Waals surface area (Å²) in [6.45, 7) is 3.55. The SMILES string of the molecule is CSc1nc(-c2ccco2)nc(C)c1C(=O)NCC(C)O. The number of aliphatic hydroxyl groups excluding tert-OH is 1. The molecule has 6 nitrogen and oxygen atoms in total. The predicted molar refractivity (Wildman–Crippen MR) is 80.3 cm³/mol. The zero-order valence-corrected chi connectivity index (χ0v) is 12.9. The van der Waals surface area contributed by atoms with E-state index in [9.17, 15) is 9.90 Å². The lowest BCUT2D eigenvalue weighted by Gasteiger charge is -2.12. The lowest BCUT2D eigenvalue weighted by atomic mass is 10.2. The van der Waals surface area contributed by atoms with E-state index < -0.39 is 6.10 Å². The molecule has 2 rings (SSSR count). The average Bonchev–Trinajstić information content (AvgIpc) is 2.97. The first-order valence-corrected chi connectivity index (χ1v) is 7.68. The number of nitrogens with one attached hydrogen (secondary N) is 1. The minimum absolute atomic E-state index is 0.187. The van der Waals surface area contributed by atoms with Crippen LogP contribution in [0.2, 0.25) is 0 Å². The lowest BCUT2D eigenvalue weighted by molar-refractivity contribution is 0.0919. The van der Waals surface area contributed by atoms with Gasteiger partial charge in [-0.1, -0.05) is 0 Å². The minimum Gasteiger partial charge on any atom is -0.461 e. The number of amides is 1. The van der Waals surface area contributed by atoms with Gasteiger partial charge >= 0.3 is 0 Å². The Labute approximate surface area is 127 Å². The first-order valence-electron chi connectivity index (χ1n) is 6.45. The largest absolute Gasteiger partial charge is 0.461 e. The average molecular weight is 307 g/mol. The number of hydrogen-bond donors (Lipinski definition) is 2. The molecule has 1 atom stereocenters. The summed E-state index contributed by atoms with van der Waals surface area (Å²) in [6, 6.07) is 3.53. The van der Waals surface area contributed by atoms with Crippen molar-refractivity contribution in [1.29, 1.82) is 0 Å². The van der Waals surface area contributed by atoms with Gasteiger partial charge in [-0.3, -0.25) is 4.79 Å². The highest BCUT2D eigenvalue weighted by atomic mass is 32.2. The van der Waals surface area contributed by atoms with E-state index in [1.807, 2.05) is 6.26 Å². The Morgan fingerprint density at radius 3 is 2.86 bits per heavy atom. The number of hydrogen-bond acceptors (Lipinski definition) is 6. The monoisotopic (exact) mass is 307 g/mol. The van der Waals surface area contributed by atoms with Gasteiger partial charge in [-0.25, -0.2) is 9.97 Å². The van der Waals surface area contributed by atoms with Gasteiger partial charge in [-0.2, -0.15) is 0 Å². The van der Waals surface area contributed by atoms with E-state index in [2.05, 4.69) is 15.3 Å². The molecule has 112 valence electrons. The number of carbonyl (C=O) groups excluding carboxylic acids is 1. The number of aromatic nitrogens is 2. The third-order valence-corrected chi connectivity index (χ3v) is 3.46. The van der Waals surface area contributed by atoms with Gasteiger partial charge in [0.25, 0.3) is 5.91 Å². The van der Waals surface area contributed by atoms with Crippen molar-refractivity contribution in [3.05, 3.63) is 29.7 Å². The molecule has 0 saturated heterocycles. The van der Waals surface area contributed by atoms with Gasteiger partial charge in [-0.15, -0.1) is 11.8 Å². The molecule has 1 unspecified atom stereocenters. The first kappa shape index (κ1) is 15.5. The Morgan fingerprint density at radius 1 is 1.52 bits per heavy atom. The number of aliphatic hydroxyl groups is 1. The lowest BCUT2D eigenvalue weighted by Crippen LogP contribution is -2.31. The van der Waals surface area contributed by atoms with Crippen LogP contribution < -0.4 is 5.32 Å². The molecule has 2 aromatic heterocycles. The molecule has 21 heavy (non-hydrogen) atoms. The smallest absolute Gasteiger partial charge is 0.255 e. The summed E-state index contributed by atoms with van der Waals surface area (Å²) in [5.74, 6) is 0.724. The van der Waals surface area contributed by atoms with E-state index in [1.54, 1.807) is 32.2 Å². The summed E-state index contributed by atoms with van der Waals surface area (Å²) >= 11 is 1.37. The van der Waals surface area contributed by atoms with Crippen molar-refractivity contribution < 1.29 is 14.3 Å². The number of thioether (sulfide) groups is 1. The number of nitrogens with zero attached hydrogens (tertiary/aromatic N) is 2. The maximum Gasteiger partial charge on any atom is 0.255 e. The van der Waals surface area contributed by atoms with Crippen LogP contribution in [0.4, 0.5) is 0 Å². The van der Waals surface area contributed by atoms with Crippen molar-refractivity contribution in [3.8, 4) is 11.6 Å². The molecule has 0 bridgehead atoms. The van der Waals surface area contributed by atoms with Gasteiger partial charge in [0.15, 0.2) is 11.6 Å². The second-order valence-corrected chi connectivity index (χ2v) is 5.35. The minimum atomic E-state index is -0.602. The molecule has 0 spiro atoms. The zero-order valence-electron chi connectivity index (χ0n) is 12.1. The first-order chi connectivity index (χ1) is 10.0. The van der Waals surface area contributed by atoms with Gasteiger partial charge in [-0.05, 0) is 32.2 Å². The van der Waals surface area contributed by atoms with Crippen LogP contribution in [0.3, 0.4) is 0 Å². The molecule has 2 aromatic rings. The Morgan fingerprint density at radius 2 is 2.29 bits per heavy atom. The standard InChI is InChI=1S/C14H17N3O3S/c1-8(18)7-15-13(19)11-9(2)16-12(17-14(11)21-3)10-5-4-6-20-10/h4-6,8,18H,7H2,1-3H3,(H,15,19). The van der Waals surface area contributed by atoms with Crippen molar-refractivity contribution in [2.75, 3.05) is 12.8 Å². The Bertz CT molecular complexity index is 627. The molecule has 0 radical (unpaired) electrons. The van der Waals surface area contributed by atoms with Crippen LogP contribution in [0.5, 0.6) is 0 Å². The molecular formula is C14H17N3O3S. The van der Waals surface area contributed by atoms with Crippen LogP contribution in [0.15, 0.2) is 27.8 Å². The summed E-state index contributed by atoms with van der Waals surface area (Å²) in [5.41, 5.74) is 1.00. The highest BCUT2D eigenvalue weighted by Gasteiger charge is 2.19. The van der Waals surface area contributed by atoms with E-state index in [0.717, 1.165) is 0 Å². The van der Waals surface area contributed by atoms with Crippen LogP contribution in [0.1, 0.15) is 23.0 Å². The normalized spacial score (nSPS) is 12.2. The second-order valence-electron chi connectivity index (χ2n) is 4.55. The molecule has 0 saturated carbocycles. The van der Waals surface area contributed by atoms with Crippen LogP contribution in [-0.2, 0) is 0 Å². The number of aryl methyl sites for hydroxylation is 1. The van der Waals surface area contributed by atoms with Crippen molar-refractivity contribution in [1.82, 2.24) is 15.3 Å². The molecule has 2 heterocycles. The number of rotatable bonds is 5. The summed E-state index contributed by atoms with van der Waals surface area (Å²) in [4.78, 5) is 20.9. The van der Waals surface area contributed by atoms with E-state index in [1.165, 1.54) is 11.8 Å². The zero-order chi connectivity index (χ0) is 15.4. The van der Waals surface area contributed by atoms with Crippen LogP contribution >= 0.6 is 11.8 Å². The fourth-order valence-corrected chi connectivity index (χ4v) is 2.42. The predicted octanol–water partition coefficient (Wildman–Crippen LogP) is 1.88. The van der Waals surface area contributed by atoms with Crippen molar-refractivity contribution in [2.24, 2.45) is 0 Å². The molecule has 1 amide bonds. The van der Waals surface area contributed by atoms with Gasteiger partial charge in [0.1, 0.15) is 5.03 Å². The number of carbonyl (C=O) groups is 1. The van der Waals surface area contributed by atoms with E-state index in [4.69, 9.17) is 4.42 Å². The third-order valence-electron chi connectivity index (χ3n) is 2.78. The van der Waals surface area contributed by atoms with Crippen molar-refractivity contribution >= 4 is 17.7 Å². The van der Waals surface area contributed by atoms with Crippen LogP contribution in [0.25, 0.3) is 11.6 Å². The van der Waals surface area contributed by atoms with Crippen molar-refractivity contribution in [2.45, 2.75) is 25.0 Å². The van der Waals surface area contributed by atoms with E-state index in [0.29, 0.717) is 27.9 Å². The van der Waals surface area contributed by atoms with Crippen molar-refractivity contribution in [3.63, 3.8) is 0 Å². The molecule has 2 N–H and O–H groups in total. The molecular weight excluding hydrogens is 290 g/mol. The molecule has 7 heteroatoms. The van der Waals surface area contributed by atoms with Crippen LogP contribution in [0, 0.1) is 6.92 Å². The highest BCUT2D eigenvalue weighted by molar-refractivity contribution is 7.98. The Kier molecular flexibility index (Phi) is 4.98. The topological polar surface area (TPSA) is 88.2 Å². The van der Waals surface area contributed by atoms with Gasteiger partial charge < -0.3 is 14.8 Å². The summed E-state index contributed by atoms with van der Waals surface area (Å²) in [6.07, 6.45) is 2.80. The molecule has 0 aliphatic heterocycles. The Hall–Kier alpha value is -1.86. The van der Waals surface area contributed by atoms with Gasteiger partial charge in [0.2, 0.25) is 0 Å². The van der Waals surface area contributed by atoms with Gasteiger partial charge in [0, 0.05) is 6.54 Å². The summed E-state index contributed by atoms with van der Waals surface area (Å²) in [5, 5.41) is 12.5. The Balaban J connectivity index is 2.36. The summed E-state index contributed by atoms with van der Waals surface area (Å²) in [7, 11) is 0. The van der Waals surface area contributed by atoms with Crippen LogP contribution in [-0.4, -0.2) is 39.9 Å². The maximum atomic E-state index is 12.2. The summed E-state index contributed by atoms with van der Waals surface area (Å²) < 4.78 is 5.29. The quantitative estimate of drug-likeness (QED) is 0.647. The van der Waals surface area contributed by atoms with E-state index in [-0.39, 0.29) is 12.5 Å². The molecule has 0 fully saturated rings. The fourth-order valence-electron chi connectivity index (χ4n) is 1.80. The molecule has 0 aromatic carbocycles. The van der Waals surface area contributed by atoms with Gasteiger partial charge in [0.05, 0.1) is 23.6 Å². The van der Waals surface area contributed by atoms with E-state index >= 15 is 0 Å². The number of furan rings is 1.